The van der Waals surface area contributed by atoms with E-state index in [1.54, 1.807) is 12.1 Å². The first-order chi connectivity index (χ1) is 7.15. The molecule has 2 N–H and O–H groups in total. The fourth-order valence-corrected chi connectivity index (χ4v) is 1.72. The van der Waals surface area contributed by atoms with Gasteiger partial charge in [-0.3, -0.25) is 0 Å². The molecule has 1 radical (unpaired) electrons. The van der Waals surface area contributed by atoms with Gasteiger partial charge < -0.3 is 10.6 Å². The van der Waals surface area contributed by atoms with Crippen LogP contribution in [-0.2, 0) is 0 Å². The zero-order chi connectivity index (χ0) is 10.8. The van der Waals surface area contributed by atoms with E-state index in [1.807, 2.05) is 6.92 Å². The van der Waals surface area contributed by atoms with Crippen molar-refractivity contribution in [1.82, 2.24) is 10.6 Å². The van der Waals surface area contributed by atoms with E-state index in [2.05, 4.69) is 16.7 Å². The Bertz CT molecular complexity index is 411. The van der Waals surface area contributed by atoms with Crippen LogP contribution in [0.4, 0.5) is 4.39 Å². The molecule has 0 amide bonds. The molecule has 0 aromatic heterocycles. The van der Waals surface area contributed by atoms with Gasteiger partial charge in [0, 0.05) is 11.8 Å². The molecule has 0 bridgehead atoms. The molecule has 15 heavy (non-hydrogen) atoms. The summed E-state index contributed by atoms with van der Waals surface area (Å²) >= 11 is 5.03. The first kappa shape index (κ1) is 10.1. The largest absolute Gasteiger partial charge is 0.351 e. The van der Waals surface area contributed by atoms with Gasteiger partial charge in [-0.15, -0.1) is 0 Å². The fraction of sp³-hybridized carbons (Fsp3) is 0.182. The molecule has 0 spiro atoms. The first-order valence-corrected chi connectivity index (χ1v) is 4.99. The van der Waals surface area contributed by atoms with Crippen molar-refractivity contribution < 1.29 is 4.39 Å². The average Bonchev–Trinajstić information content (AvgIpc) is 2.17. The summed E-state index contributed by atoms with van der Waals surface area (Å²) in [6, 6.07) is 6.21. The molecule has 1 aliphatic rings. The van der Waals surface area contributed by atoms with Gasteiger partial charge in [0.1, 0.15) is 5.82 Å². The lowest BCUT2D eigenvalue weighted by Crippen LogP contribution is -2.40. The minimum Gasteiger partial charge on any atom is -0.351 e. The predicted molar refractivity (Wildman–Crippen MR) is 60.4 cm³/mol. The standard InChI is InChI=1S/C11H10FN2S/c1-7-6-10(14-11(15)13-7)8-2-4-9(12)5-3-8/h2-5,10H,1H3,(H2,13,14,15). The molecule has 0 fully saturated rings. The Labute approximate surface area is 93.2 Å². The number of nitrogens with one attached hydrogen (secondary N) is 2. The quantitative estimate of drug-likeness (QED) is 0.710. The third-order valence-electron chi connectivity index (χ3n) is 2.14. The summed E-state index contributed by atoms with van der Waals surface area (Å²) in [5.74, 6) is -0.240. The number of thiocarbonyl (C=S) groups is 1. The van der Waals surface area contributed by atoms with Gasteiger partial charge in [-0.1, -0.05) is 12.1 Å². The molecule has 2 rings (SSSR count). The van der Waals surface area contributed by atoms with Crippen LogP contribution < -0.4 is 10.6 Å². The highest BCUT2D eigenvalue weighted by Crippen LogP contribution is 2.17. The highest BCUT2D eigenvalue weighted by atomic mass is 32.1. The molecule has 0 aliphatic carbocycles. The summed E-state index contributed by atoms with van der Waals surface area (Å²) < 4.78 is 12.7. The van der Waals surface area contributed by atoms with Crippen LogP contribution in [0.1, 0.15) is 18.5 Å². The molecule has 0 saturated carbocycles. The van der Waals surface area contributed by atoms with Crippen LogP contribution in [0.25, 0.3) is 0 Å². The van der Waals surface area contributed by atoms with Gasteiger partial charge >= 0.3 is 0 Å². The van der Waals surface area contributed by atoms with Gasteiger partial charge in [0.15, 0.2) is 5.11 Å². The number of hydrogen-bond acceptors (Lipinski definition) is 1. The van der Waals surface area contributed by atoms with Crippen LogP contribution in [0.5, 0.6) is 0 Å². The number of rotatable bonds is 1. The fourth-order valence-electron chi connectivity index (χ4n) is 1.45. The van der Waals surface area contributed by atoms with Crippen molar-refractivity contribution >= 4 is 17.3 Å². The van der Waals surface area contributed by atoms with Crippen molar-refractivity contribution in [2.45, 2.75) is 13.0 Å². The second-order valence-corrected chi connectivity index (χ2v) is 3.76. The molecule has 0 saturated heterocycles. The molecular formula is C11H10FN2S. The van der Waals surface area contributed by atoms with Crippen molar-refractivity contribution in [3.05, 3.63) is 47.4 Å². The van der Waals surface area contributed by atoms with E-state index in [4.69, 9.17) is 12.2 Å². The Morgan fingerprint density at radius 1 is 1.33 bits per heavy atom. The van der Waals surface area contributed by atoms with Crippen molar-refractivity contribution in [2.75, 3.05) is 0 Å². The van der Waals surface area contributed by atoms with Crippen LogP contribution in [-0.4, -0.2) is 5.11 Å². The topological polar surface area (TPSA) is 24.1 Å². The van der Waals surface area contributed by atoms with E-state index < -0.39 is 0 Å². The third kappa shape index (κ3) is 2.33. The molecule has 77 valence electrons. The molecule has 1 aromatic carbocycles. The lowest BCUT2D eigenvalue weighted by Gasteiger charge is -2.23. The average molecular weight is 221 g/mol. The van der Waals surface area contributed by atoms with Gasteiger partial charge in [0.05, 0.1) is 6.04 Å². The normalized spacial score (nSPS) is 20.3. The zero-order valence-corrected chi connectivity index (χ0v) is 8.99. The van der Waals surface area contributed by atoms with Gasteiger partial charge in [0.25, 0.3) is 0 Å². The summed E-state index contributed by atoms with van der Waals surface area (Å²) in [4.78, 5) is 0. The maximum absolute atomic E-state index is 12.7. The zero-order valence-electron chi connectivity index (χ0n) is 8.17. The molecule has 1 atom stereocenters. The number of benzene rings is 1. The van der Waals surface area contributed by atoms with E-state index in [0.717, 1.165) is 11.3 Å². The Kier molecular flexibility index (Phi) is 2.68. The van der Waals surface area contributed by atoms with Crippen molar-refractivity contribution in [3.8, 4) is 0 Å². The van der Waals surface area contributed by atoms with E-state index in [0.29, 0.717) is 5.11 Å². The summed E-state index contributed by atoms with van der Waals surface area (Å²) in [6.45, 7) is 1.89. The highest BCUT2D eigenvalue weighted by Gasteiger charge is 2.15. The first-order valence-electron chi connectivity index (χ1n) is 4.58. The maximum Gasteiger partial charge on any atom is 0.171 e. The molecule has 1 heterocycles. The molecule has 1 aromatic rings. The summed E-state index contributed by atoms with van der Waals surface area (Å²) in [6.07, 6.45) is 3.17. The highest BCUT2D eigenvalue weighted by molar-refractivity contribution is 7.80. The number of hydrogen-bond donors (Lipinski definition) is 2. The monoisotopic (exact) mass is 221 g/mol. The van der Waals surface area contributed by atoms with Crippen LogP contribution in [0.3, 0.4) is 0 Å². The van der Waals surface area contributed by atoms with Crippen molar-refractivity contribution in [2.24, 2.45) is 0 Å². The Morgan fingerprint density at radius 3 is 2.60 bits per heavy atom. The van der Waals surface area contributed by atoms with E-state index in [-0.39, 0.29) is 11.9 Å². The van der Waals surface area contributed by atoms with Crippen LogP contribution in [0.15, 0.2) is 30.0 Å². The summed E-state index contributed by atoms with van der Waals surface area (Å²) in [5.41, 5.74) is 1.83. The van der Waals surface area contributed by atoms with E-state index in [9.17, 15) is 4.39 Å². The predicted octanol–water partition coefficient (Wildman–Crippen LogP) is 2.05. The van der Waals surface area contributed by atoms with Crippen LogP contribution in [0.2, 0.25) is 0 Å². The smallest absolute Gasteiger partial charge is 0.171 e. The molecule has 1 unspecified atom stereocenters. The molecular weight excluding hydrogens is 211 g/mol. The van der Waals surface area contributed by atoms with Gasteiger partial charge in [-0.25, -0.2) is 4.39 Å². The van der Waals surface area contributed by atoms with E-state index in [1.165, 1.54) is 12.1 Å². The van der Waals surface area contributed by atoms with Crippen molar-refractivity contribution in [3.63, 3.8) is 0 Å². The lowest BCUT2D eigenvalue weighted by molar-refractivity contribution is 0.624. The Balaban J connectivity index is 2.27. The summed E-state index contributed by atoms with van der Waals surface area (Å²) in [5, 5.41) is 6.56. The van der Waals surface area contributed by atoms with Gasteiger partial charge in [-0.05, 0) is 36.8 Å². The minimum atomic E-state index is -0.240. The third-order valence-corrected chi connectivity index (χ3v) is 2.36. The number of allylic oxidation sites excluding steroid dienone is 1. The SMILES string of the molecule is CC1=[C]C(c2ccc(F)cc2)NC(=S)N1. The molecule has 1 aliphatic heterocycles. The molecule has 2 nitrogen and oxygen atoms in total. The number of halogens is 1. The van der Waals surface area contributed by atoms with Gasteiger partial charge in [-0.2, -0.15) is 0 Å². The second kappa shape index (κ2) is 3.98. The Hall–Kier alpha value is -1.42. The maximum atomic E-state index is 12.7. The van der Waals surface area contributed by atoms with Gasteiger partial charge in [0.2, 0.25) is 0 Å². The second-order valence-electron chi connectivity index (χ2n) is 3.35. The Morgan fingerprint density at radius 2 is 2.00 bits per heavy atom. The van der Waals surface area contributed by atoms with E-state index >= 15 is 0 Å². The minimum absolute atomic E-state index is 0.0978. The van der Waals surface area contributed by atoms with Crippen molar-refractivity contribution in [1.29, 1.82) is 0 Å². The summed E-state index contributed by atoms with van der Waals surface area (Å²) in [7, 11) is 0. The van der Waals surface area contributed by atoms with Crippen LogP contribution >= 0.6 is 12.2 Å². The van der Waals surface area contributed by atoms with Crippen LogP contribution in [0, 0.1) is 11.9 Å². The molecule has 4 heteroatoms. The lowest BCUT2D eigenvalue weighted by atomic mass is 10.0.